The molecule has 1 aromatic carbocycles. The van der Waals surface area contributed by atoms with Crippen molar-refractivity contribution in [3.05, 3.63) is 82.4 Å². The van der Waals surface area contributed by atoms with E-state index in [0.29, 0.717) is 11.1 Å². The molecule has 0 amide bonds. The highest BCUT2D eigenvalue weighted by atomic mass is 79.9. The highest BCUT2D eigenvalue weighted by molar-refractivity contribution is 9.10. The Hall–Kier alpha value is -1.96. The van der Waals surface area contributed by atoms with Gasteiger partial charge in [-0.1, -0.05) is 46.3 Å². The summed E-state index contributed by atoms with van der Waals surface area (Å²) in [5.74, 6) is 0. The molecule has 0 saturated carbocycles. The summed E-state index contributed by atoms with van der Waals surface area (Å²) in [7, 11) is -4.54. The van der Waals surface area contributed by atoms with Crippen LogP contribution in [0.5, 0.6) is 0 Å². The molecule has 0 radical (unpaired) electrons. The van der Waals surface area contributed by atoms with Crippen LogP contribution in [0.3, 0.4) is 0 Å². The van der Waals surface area contributed by atoms with Crippen molar-refractivity contribution >= 4 is 46.2 Å². The molecule has 0 aliphatic heterocycles. The monoisotopic (exact) mass is 410 g/mol. The first-order chi connectivity index (χ1) is 11.0. The van der Waals surface area contributed by atoms with Gasteiger partial charge >= 0.3 is 0 Å². The Morgan fingerprint density at radius 1 is 0.652 bits per heavy atom. The van der Waals surface area contributed by atoms with Gasteiger partial charge in [-0.3, -0.25) is 0 Å². The summed E-state index contributed by atoms with van der Waals surface area (Å²) in [5.41, 5.74) is 1.38. The smallest absolute Gasteiger partial charge is 0.184 e. The molecule has 3 rings (SSSR count). The third-order valence-corrected chi connectivity index (χ3v) is 4.71. The SMILES string of the molecule is Brc1ccccc1.O=S(=O)=C1C=CC2=CC(=S(=O)=O)C=CC2=C1. The normalized spacial score (nSPS) is 15.0. The molecule has 2 aliphatic rings. The molecule has 118 valence electrons. The van der Waals surface area contributed by atoms with Crippen molar-refractivity contribution in [1.82, 2.24) is 0 Å². The molecule has 7 heteroatoms. The molecule has 0 heterocycles. The molecule has 4 nitrogen and oxygen atoms in total. The van der Waals surface area contributed by atoms with Gasteiger partial charge in [0.1, 0.15) is 0 Å². The van der Waals surface area contributed by atoms with Gasteiger partial charge in [0.2, 0.25) is 20.6 Å². The number of benzene rings is 1. The first-order valence-corrected chi connectivity index (χ1v) is 9.34. The third kappa shape index (κ3) is 5.02. The minimum Gasteiger partial charge on any atom is -0.184 e. The largest absolute Gasteiger partial charge is 0.221 e. The molecular formula is C16H11BrO4S2. The summed E-state index contributed by atoms with van der Waals surface area (Å²) in [6.07, 6.45) is 9.02. The summed E-state index contributed by atoms with van der Waals surface area (Å²) >= 11 is 3.31. The Morgan fingerprint density at radius 2 is 1.09 bits per heavy atom. The minimum atomic E-state index is -2.27. The fraction of sp³-hybridized carbons (Fsp3) is 0. The second-order valence-corrected chi connectivity index (χ2v) is 7.23. The van der Waals surface area contributed by atoms with E-state index in [0.717, 1.165) is 4.47 Å². The average molecular weight is 411 g/mol. The molecule has 2 aliphatic carbocycles. The summed E-state index contributed by atoms with van der Waals surface area (Å²) in [6.45, 7) is 0. The predicted octanol–water partition coefficient (Wildman–Crippen LogP) is 2.53. The Labute approximate surface area is 145 Å². The van der Waals surface area contributed by atoms with Gasteiger partial charge in [0.25, 0.3) is 0 Å². The zero-order chi connectivity index (χ0) is 16.8. The van der Waals surface area contributed by atoms with E-state index in [1.165, 1.54) is 24.3 Å². The van der Waals surface area contributed by atoms with Crippen LogP contribution >= 0.6 is 15.9 Å². The molecule has 0 bridgehead atoms. The van der Waals surface area contributed by atoms with E-state index < -0.39 is 20.6 Å². The Bertz CT molecular complexity index is 925. The molecule has 1 aromatic rings. The molecule has 0 fully saturated rings. The van der Waals surface area contributed by atoms with Gasteiger partial charge in [-0.15, -0.1) is 0 Å². The van der Waals surface area contributed by atoms with Crippen molar-refractivity contribution in [1.29, 1.82) is 0 Å². The lowest BCUT2D eigenvalue weighted by molar-refractivity contribution is 0.625. The lowest BCUT2D eigenvalue weighted by Gasteiger charge is -2.11. The van der Waals surface area contributed by atoms with Gasteiger partial charge in [0.05, 0.1) is 9.73 Å². The molecule has 0 aromatic heterocycles. The number of allylic oxidation sites excluding steroid dienone is 8. The maximum absolute atomic E-state index is 10.7. The second-order valence-electron chi connectivity index (χ2n) is 4.44. The minimum absolute atomic E-state index is 0.184. The van der Waals surface area contributed by atoms with Crippen molar-refractivity contribution in [2.24, 2.45) is 0 Å². The number of fused-ring (bicyclic) bond motifs is 1. The van der Waals surface area contributed by atoms with Crippen LogP contribution in [0.1, 0.15) is 0 Å². The van der Waals surface area contributed by atoms with Crippen molar-refractivity contribution in [3.8, 4) is 0 Å². The average Bonchev–Trinajstić information content (AvgIpc) is 2.55. The van der Waals surface area contributed by atoms with Gasteiger partial charge in [-0.2, -0.15) is 16.8 Å². The Kier molecular flexibility index (Phi) is 6.09. The van der Waals surface area contributed by atoms with E-state index in [1.807, 2.05) is 30.3 Å². The van der Waals surface area contributed by atoms with E-state index in [4.69, 9.17) is 0 Å². The van der Waals surface area contributed by atoms with Gasteiger partial charge in [0, 0.05) is 4.47 Å². The number of hydrogen-bond donors (Lipinski definition) is 0. The molecule has 23 heavy (non-hydrogen) atoms. The molecule has 0 unspecified atom stereocenters. The number of halogens is 1. The van der Waals surface area contributed by atoms with Crippen LogP contribution in [-0.4, -0.2) is 26.6 Å². The lowest BCUT2D eigenvalue weighted by Crippen LogP contribution is -2.05. The van der Waals surface area contributed by atoms with Crippen LogP contribution in [0.2, 0.25) is 0 Å². The van der Waals surface area contributed by atoms with E-state index in [1.54, 1.807) is 12.2 Å². The first-order valence-electron chi connectivity index (χ1n) is 6.40. The fourth-order valence-corrected chi connectivity index (χ4v) is 2.93. The summed E-state index contributed by atoms with van der Waals surface area (Å²) in [5, 5.41) is 0. The molecule has 0 saturated heterocycles. The molecule has 0 atom stereocenters. The zero-order valence-corrected chi connectivity index (χ0v) is 14.9. The van der Waals surface area contributed by atoms with Gasteiger partial charge in [0.15, 0.2) is 0 Å². The summed E-state index contributed by atoms with van der Waals surface area (Å²) < 4.78 is 44.0. The number of hydrogen-bond acceptors (Lipinski definition) is 4. The molecule has 0 N–H and O–H groups in total. The quantitative estimate of drug-likeness (QED) is 0.616. The Balaban J connectivity index is 0.000000229. The number of rotatable bonds is 0. The van der Waals surface area contributed by atoms with Crippen LogP contribution in [-0.2, 0) is 20.6 Å². The van der Waals surface area contributed by atoms with Crippen molar-refractivity contribution in [2.75, 3.05) is 0 Å². The summed E-state index contributed by atoms with van der Waals surface area (Å²) in [4.78, 5) is 0.368. The van der Waals surface area contributed by atoms with Crippen LogP contribution < -0.4 is 0 Å². The van der Waals surface area contributed by atoms with Crippen LogP contribution in [0.15, 0.2) is 82.4 Å². The van der Waals surface area contributed by atoms with Crippen LogP contribution in [0.4, 0.5) is 0 Å². The summed E-state index contributed by atoms with van der Waals surface area (Å²) in [6, 6.07) is 9.97. The first kappa shape index (κ1) is 17.4. The van der Waals surface area contributed by atoms with E-state index in [9.17, 15) is 16.8 Å². The van der Waals surface area contributed by atoms with Crippen LogP contribution in [0.25, 0.3) is 0 Å². The Morgan fingerprint density at radius 3 is 1.39 bits per heavy atom. The van der Waals surface area contributed by atoms with Crippen molar-refractivity contribution in [3.63, 3.8) is 0 Å². The van der Waals surface area contributed by atoms with E-state index in [2.05, 4.69) is 15.9 Å². The van der Waals surface area contributed by atoms with Crippen molar-refractivity contribution in [2.45, 2.75) is 0 Å². The third-order valence-electron chi connectivity index (χ3n) is 2.90. The van der Waals surface area contributed by atoms with E-state index in [-0.39, 0.29) is 9.73 Å². The van der Waals surface area contributed by atoms with Crippen LogP contribution in [0, 0.1) is 0 Å². The topological polar surface area (TPSA) is 68.3 Å². The highest BCUT2D eigenvalue weighted by Crippen LogP contribution is 2.21. The zero-order valence-electron chi connectivity index (χ0n) is 11.7. The van der Waals surface area contributed by atoms with Gasteiger partial charge < -0.3 is 0 Å². The van der Waals surface area contributed by atoms with Gasteiger partial charge in [-0.05, 0) is 47.6 Å². The predicted molar refractivity (Wildman–Crippen MR) is 96.4 cm³/mol. The van der Waals surface area contributed by atoms with E-state index >= 15 is 0 Å². The maximum atomic E-state index is 10.7. The highest BCUT2D eigenvalue weighted by Gasteiger charge is 2.12. The van der Waals surface area contributed by atoms with Crippen molar-refractivity contribution < 1.29 is 16.8 Å². The van der Waals surface area contributed by atoms with Gasteiger partial charge in [-0.25, -0.2) is 0 Å². The lowest BCUT2D eigenvalue weighted by atomic mass is 9.95. The molecule has 0 spiro atoms. The second kappa shape index (κ2) is 8.05. The fourth-order valence-electron chi connectivity index (χ4n) is 1.82. The standard InChI is InChI=1S/C10H6O4S2.C6H5Br/c11-15(12)9-3-1-7-5-10(16(13)14)4-2-8(7)6-9;7-6-4-2-1-3-5-6/h1-6H;1-5H. The molecular weight excluding hydrogens is 400 g/mol. The maximum Gasteiger partial charge on any atom is 0.221 e.